The summed E-state index contributed by atoms with van der Waals surface area (Å²) >= 11 is 1.81. The summed E-state index contributed by atoms with van der Waals surface area (Å²) in [5, 5.41) is 1.01. The summed E-state index contributed by atoms with van der Waals surface area (Å²) in [6.45, 7) is 0. The Morgan fingerprint density at radius 2 is 2.12 bits per heavy atom. The molecule has 82 valence electrons. The normalized spacial score (nSPS) is 22.4. The van der Waals surface area contributed by atoms with Crippen LogP contribution >= 0.6 is 41.9 Å². The van der Waals surface area contributed by atoms with Gasteiger partial charge in [0.1, 0.15) is 4.38 Å². The molecule has 3 rings (SSSR count). The van der Waals surface area contributed by atoms with Crippen LogP contribution in [-0.2, 0) is 5.75 Å². The van der Waals surface area contributed by atoms with Crippen LogP contribution in [0.2, 0.25) is 0 Å². The molecule has 0 saturated heterocycles. The Labute approximate surface area is 108 Å². The summed E-state index contributed by atoms with van der Waals surface area (Å²) < 4.78 is 1.16. The summed E-state index contributed by atoms with van der Waals surface area (Å²) in [5.74, 6) is 0.992. The molecule has 2 aliphatic rings. The minimum absolute atomic E-state index is 0.147. The minimum atomic E-state index is 0.147. The maximum absolute atomic E-state index is 4.52. The third-order valence-corrected chi connectivity index (χ3v) is 8.89. The number of benzene rings is 1. The first-order chi connectivity index (χ1) is 7.92. The molecule has 16 heavy (non-hydrogen) atoms. The number of nitrogens with zero attached hydrogens (tertiary/aromatic N) is 2. The standard InChI is InChI=1S/C10H8N2S4/c1-2-4-8(5-3-1)6-13-10-12-9-11-7-14-16(9)15-10/h1-5,7H,6H2. The lowest BCUT2D eigenvalue weighted by molar-refractivity contribution is 1.43. The monoisotopic (exact) mass is 284 g/mol. The summed E-state index contributed by atoms with van der Waals surface area (Å²) in [5.41, 5.74) is 3.24. The topological polar surface area (TPSA) is 24.7 Å². The highest BCUT2D eigenvalue weighted by atomic mass is 33.5. The van der Waals surface area contributed by atoms with Gasteiger partial charge in [-0.15, -0.1) is 0 Å². The van der Waals surface area contributed by atoms with Gasteiger partial charge in [-0.2, -0.15) is 0 Å². The summed E-state index contributed by atoms with van der Waals surface area (Å²) in [6, 6.07) is 10.5. The first-order valence-corrected chi connectivity index (χ1v) is 9.60. The highest BCUT2D eigenvalue weighted by Gasteiger charge is 2.21. The number of hydrogen-bond donors (Lipinski definition) is 0. The highest BCUT2D eigenvalue weighted by molar-refractivity contribution is 9.21. The van der Waals surface area contributed by atoms with Gasteiger partial charge in [0.2, 0.25) is 5.11 Å². The molecule has 1 unspecified atom stereocenters. The van der Waals surface area contributed by atoms with Crippen molar-refractivity contribution < 1.29 is 0 Å². The molecule has 0 aliphatic carbocycles. The van der Waals surface area contributed by atoms with E-state index >= 15 is 0 Å². The molecule has 1 atom stereocenters. The number of hydrogen-bond acceptors (Lipinski definition) is 5. The van der Waals surface area contributed by atoms with Crippen LogP contribution in [0, 0.1) is 0 Å². The van der Waals surface area contributed by atoms with Crippen LogP contribution in [0.15, 0.2) is 40.3 Å². The van der Waals surface area contributed by atoms with Crippen molar-refractivity contribution >= 4 is 56.9 Å². The molecule has 0 N–H and O–H groups in total. The molecular weight excluding hydrogens is 276 g/mol. The molecule has 0 spiro atoms. The predicted molar refractivity (Wildman–Crippen MR) is 81.4 cm³/mol. The maximum Gasteiger partial charge on any atom is 0.200 e. The molecular formula is C10H8N2S4. The molecule has 1 aromatic carbocycles. The Morgan fingerprint density at radius 3 is 2.94 bits per heavy atom. The van der Waals surface area contributed by atoms with Gasteiger partial charge in [0.15, 0.2) is 0 Å². The molecule has 0 fully saturated rings. The Balaban J connectivity index is 1.60. The van der Waals surface area contributed by atoms with Crippen LogP contribution in [0.25, 0.3) is 0 Å². The van der Waals surface area contributed by atoms with Gasteiger partial charge in [-0.25, -0.2) is 9.98 Å². The van der Waals surface area contributed by atoms with Gasteiger partial charge >= 0.3 is 0 Å². The molecule has 6 heteroatoms. The van der Waals surface area contributed by atoms with Gasteiger partial charge in [-0.1, -0.05) is 42.1 Å². The fourth-order valence-corrected chi connectivity index (χ4v) is 8.04. The van der Waals surface area contributed by atoms with Crippen molar-refractivity contribution in [2.75, 3.05) is 0 Å². The quantitative estimate of drug-likeness (QED) is 0.606. The van der Waals surface area contributed by atoms with Gasteiger partial charge in [-0.05, 0) is 35.7 Å². The second kappa shape index (κ2) is 5.00. The van der Waals surface area contributed by atoms with Crippen LogP contribution in [0.3, 0.4) is 0 Å². The van der Waals surface area contributed by atoms with Crippen LogP contribution in [0.4, 0.5) is 0 Å². The smallest absolute Gasteiger partial charge is 0.200 e. The highest BCUT2D eigenvalue weighted by Crippen LogP contribution is 2.53. The molecule has 1 aromatic rings. The Bertz CT molecular complexity index is 493. The molecule has 0 aromatic heterocycles. The lowest BCUT2D eigenvalue weighted by atomic mass is 10.2. The third-order valence-electron chi connectivity index (χ3n) is 1.98. The summed E-state index contributed by atoms with van der Waals surface area (Å²) in [4.78, 5) is 8.77. The first-order valence-electron chi connectivity index (χ1n) is 4.66. The van der Waals surface area contributed by atoms with E-state index in [1.54, 1.807) is 22.6 Å². The Hall–Kier alpha value is -0.170. The summed E-state index contributed by atoms with van der Waals surface area (Å²) in [7, 11) is 3.76. The largest absolute Gasteiger partial charge is 0.223 e. The molecule has 0 radical (unpaired) electrons. The van der Waals surface area contributed by atoms with Crippen molar-refractivity contribution in [1.82, 2.24) is 0 Å². The van der Waals surface area contributed by atoms with Crippen molar-refractivity contribution in [3.05, 3.63) is 35.9 Å². The van der Waals surface area contributed by atoms with Crippen LogP contribution in [0.1, 0.15) is 5.56 Å². The van der Waals surface area contributed by atoms with E-state index in [2.05, 4.69) is 34.3 Å². The number of rotatable bonds is 2. The second-order valence-electron chi connectivity index (χ2n) is 3.08. The number of thioether (sulfide) groups is 1. The average molecular weight is 284 g/mol. The second-order valence-corrected chi connectivity index (χ2v) is 9.81. The van der Waals surface area contributed by atoms with Gasteiger partial charge in [0.25, 0.3) is 0 Å². The van der Waals surface area contributed by atoms with Gasteiger partial charge in [-0.3, -0.25) is 0 Å². The van der Waals surface area contributed by atoms with Crippen LogP contribution < -0.4 is 0 Å². The minimum Gasteiger partial charge on any atom is -0.223 e. The lowest BCUT2D eigenvalue weighted by Crippen LogP contribution is -1.86. The molecule has 0 bridgehead atoms. The van der Waals surface area contributed by atoms with Crippen LogP contribution in [0.5, 0.6) is 0 Å². The van der Waals surface area contributed by atoms with Crippen molar-refractivity contribution in [3.63, 3.8) is 0 Å². The zero-order chi connectivity index (χ0) is 10.8. The van der Waals surface area contributed by atoms with E-state index in [0.717, 1.165) is 15.2 Å². The average Bonchev–Trinajstić information content (AvgIpc) is 2.88. The lowest BCUT2D eigenvalue weighted by Gasteiger charge is -2.00. The van der Waals surface area contributed by atoms with E-state index in [9.17, 15) is 0 Å². The van der Waals surface area contributed by atoms with Crippen molar-refractivity contribution in [3.8, 4) is 0 Å². The van der Waals surface area contributed by atoms with Gasteiger partial charge in [0, 0.05) is 5.75 Å². The van der Waals surface area contributed by atoms with Gasteiger partial charge < -0.3 is 0 Å². The molecule has 0 amide bonds. The van der Waals surface area contributed by atoms with Crippen LogP contribution in [-0.4, -0.2) is 15.0 Å². The van der Waals surface area contributed by atoms with E-state index in [0.29, 0.717) is 0 Å². The molecule has 0 saturated carbocycles. The van der Waals surface area contributed by atoms with Crippen molar-refractivity contribution in [2.24, 2.45) is 9.98 Å². The zero-order valence-corrected chi connectivity index (χ0v) is 11.5. The zero-order valence-electron chi connectivity index (χ0n) is 8.20. The fraction of sp³-hybridized carbons (Fsp3) is 0.100. The third kappa shape index (κ3) is 2.40. The van der Waals surface area contributed by atoms with Crippen molar-refractivity contribution in [1.29, 1.82) is 0 Å². The fourth-order valence-electron chi connectivity index (χ4n) is 1.25. The van der Waals surface area contributed by atoms with E-state index in [-0.39, 0.29) is 8.55 Å². The number of aliphatic imine (C=N–C) groups is 2. The Morgan fingerprint density at radius 1 is 1.25 bits per heavy atom. The molecule has 2 aliphatic heterocycles. The predicted octanol–water partition coefficient (Wildman–Crippen LogP) is 3.98. The Kier molecular flexibility index (Phi) is 3.42. The maximum atomic E-state index is 4.52. The SMILES string of the molecule is C1=NC2=S(S1)SC(SCc1ccccc1)=N2. The van der Waals surface area contributed by atoms with Crippen molar-refractivity contribution in [2.45, 2.75) is 5.75 Å². The van der Waals surface area contributed by atoms with E-state index in [1.165, 1.54) is 5.56 Å². The van der Waals surface area contributed by atoms with E-state index < -0.39 is 0 Å². The van der Waals surface area contributed by atoms with E-state index in [1.807, 2.05) is 22.4 Å². The molecule has 2 heterocycles. The summed E-state index contributed by atoms with van der Waals surface area (Å²) in [6.07, 6.45) is 0. The first kappa shape index (κ1) is 11.0. The molecule has 2 nitrogen and oxygen atoms in total. The van der Waals surface area contributed by atoms with E-state index in [4.69, 9.17) is 0 Å². The van der Waals surface area contributed by atoms with Gasteiger partial charge in [0.05, 0.1) is 5.55 Å².